The van der Waals surface area contributed by atoms with Crippen molar-refractivity contribution in [1.29, 1.82) is 5.26 Å². The van der Waals surface area contributed by atoms with Gasteiger partial charge in [-0.15, -0.1) is 0 Å². The Morgan fingerprint density at radius 1 is 1.30 bits per heavy atom. The highest BCUT2D eigenvalue weighted by atomic mass is 32.2. The Bertz CT molecular complexity index is 587. The first-order chi connectivity index (χ1) is 9.48. The molecule has 0 amide bonds. The Morgan fingerprint density at radius 3 is 2.55 bits per heavy atom. The second kappa shape index (κ2) is 6.38. The minimum Gasteiger partial charge on any atom is -0.215 e. The van der Waals surface area contributed by atoms with E-state index in [4.69, 9.17) is 5.26 Å². The summed E-state index contributed by atoms with van der Waals surface area (Å²) in [6.45, 7) is 2.76. The van der Waals surface area contributed by atoms with E-state index in [9.17, 15) is 8.42 Å². The number of nitrogens with one attached hydrogen (secondary N) is 1. The molecule has 0 bridgehead atoms. The van der Waals surface area contributed by atoms with Crippen molar-refractivity contribution >= 4 is 10.0 Å². The fraction of sp³-hybridized carbons (Fsp3) is 0.533. The molecule has 1 saturated carbocycles. The largest absolute Gasteiger partial charge is 0.215 e. The van der Waals surface area contributed by atoms with Crippen molar-refractivity contribution in [2.75, 3.05) is 6.54 Å². The van der Waals surface area contributed by atoms with Crippen LogP contribution in [0.4, 0.5) is 0 Å². The molecular formula is C15H20N2O2S. The van der Waals surface area contributed by atoms with Crippen molar-refractivity contribution in [3.8, 4) is 6.07 Å². The number of nitrogens with zero attached hydrogens (tertiary/aromatic N) is 1. The van der Waals surface area contributed by atoms with Crippen LogP contribution in [0.25, 0.3) is 0 Å². The second-order valence-electron chi connectivity index (χ2n) is 5.70. The highest BCUT2D eigenvalue weighted by Gasteiger charge is 2.22. The summed E-state index contributed by atoms with van der Waals surface area (Å²) in [5, 5.41) is 8.71. The average Bonchev–Trinajstić information content (AvgIpc) is 2.83. The molecule has 2 rings (SSSR count). The lowest BCUT2D eigenvalue weighted by Crippen LogP contribution is -2.29. The van der Waals surface area contributed by atoms with E-state index in [-0.39, 0.29) is 5.75 Å². The molecule has 5 heteroatoms. The molecule has 1 aliphatic rings. The third-order valence-electron chi connectivity index (χ3n) is 3.84. The molecule has 0 saturated heterocycles. The van der Waals surface area contributed by atoms with Gasteiger partial charge in [-0.25, -0.2) is 13.1 Å². The van der Waals surface area contributed by atoms with Gasteiger partial charge in [0.15, 0.2) is 0 Å². The highest BCUT2D eigenvalue weighted by molar-refractivity contribution is 7.88. The Balaban J connectivity index is 1.88. The average molecular weight is 292 g/mol. The van der Waals surface area contributed by atoms with Crippen LogP contribution < -0.4 is 4.72 Å². The zero-order chi connectivity index (χ0) is 14.6. The predicted molar refractivity (Wildman–Crippen MR) is 78.3 cm³/mol. The fourth-order valence-corrected chi connectivity index (χ4v) is 3.92. The maximum absolute atomic E-state index is 12.0. The third-order valence-corrected chi connectivity index (χ3v) is 5.15. The summed E-state index contributed by atoms with van der Waals surface area (Å²) >= 11 is 0. The summed E-state index contributed by atoms with van der Waals surface area (Å²) in [4.78, 5) is 0. The fourth-order valence-electron chi connectivity index (χ4n) is 2.70. The SMILES string of the molecule is CC1CCC(CNS(=O)(=O)Cc2ccc(C#N)cc2)C1. The topological polar surface area (TPSA) is 70.0 Å². The van der Waals surface area contributed by atoms with Gasteiger partial charge in [-0.1, -0.05) is 25.5 Å². The minimum absolute atomic E-state index is 0.0268. The minimum atomic E-state index is -3.29. The molecular weight excluding hydrogens is 272 g/mol. The van der Waals surface area contributed by atoms with E-state index >= 15 is 0 Å². The summed E-state index contributed by atoms with van der Waals surface area (Å²) in [5.41, 5.74) is 1.25. The van der Waals surface area contributed by atoms with Crippen LogP contribution in [0, 0.1) is 23.2 Å². The molecule has 0 aromatic heterocycles. The summed E-state index contributed by atoms with van der Waals surface area (Å²) in [5.74, 6) is 1.16. The predicted octanol–water partition coefficient (Wildman–Crippen LogP) is 2.41. The van der Waals surface area contributed by atoms with Gasteiger partial charge in [0, 0.05) is 6.54 Å². The monoisotopic (exact) mass is 292 g/mol. The quantitative estimate of drug-likeness (QED) is 0.906. The van der Waals surface area contributed by atoms with Gasteiger partial charge in [0.2, 0.25) is 10.0 Å². The molecule has 0 spiro atoms. The maximum Gasteiger partial charge on any atom is 0.215 e. The molecule has 0 aliphatic heterocycles. The molecule has 2 unspecified atom stereocenters. The maximum atomic E-state index is 12.0. The van der Waals surface area contributed by atoms with E-state index < -0.39 is 10.0 Å². The van der Waals surface area contributed by atoms with Crippen molar-refractivity contribution < 1.29 is 8.42 Å². The Morgan fingerprint density at radius 2 is 2.00 bits per heavy atom. The second-order valence-corrected chi connectivity index (χ2v) is 7.51. The normalized spacial score (nSPS) is 22.6. The van der Waals surface area contributed by atoms with Gasteiger partial charge in [0.25, 0.3) is 0 Å². The number of rotatable bonds is 5. The summed E-state index contributed by atoms with van der Waals surface area (Å²) in [6, 6.07) is 8.68. The highest BCUT2D eigenvalue weighted by Crippen LogP contribution is 2.29. The first-order valence-electron chi connectivity index (χ1n) is 6.95. The molecule has 1 fully saturated rings. The van der Waals surface area contributed by atoms with E-state index in [1.165, 1.54) is 6.42 Å². The molecule has 0 radical (unpaired) electrons. The van der Waals surface area contributed by atoms with Crippen molar-refractivity contribution in [2.24, 2.45) is 11.8 Å². The molecule has 20 heavy (non-hydrogen) atoms. The van der Waals surface area contributed by atoms with Crippen LogP contribution >= 0.6 is 0 Å². The van der Waals surface area contributed by atoms with Gasteiger partial charge in [-0.3, -0.25) is 0 Å². The summed E-state index contributed by atoms with van der Waals surface area (Å²) in [6.07, 6.45) is 3.42. The summed E-state index contributed by atoms with van der Waals surface area (Å²) in [7, 11) is -3.29. The van der Waals surface area contributed by atoms with Gasteiger partial charge in [-0.2, -0.15) is 5.26 Å². The van der Waals surface area contributed by atoms with Crippen LogP contribution in [0.3, 0.4) is 0 Å². The van der Waals surface area contributed by atoms with Crippen LogP contribution in [0.5, 0.6) is 0 Å². The molecule has 2 atom stereocenters. The van der Waals surface area contributed by atoms with Crippen LogP contribution in [-0.2, 0) is 15.8 Å². The van der Waals surface area contributed by atoms with Crippen molar-refractivity contribution in [3.63, 3.8) is 0 Å². The number of benzene rings is 1. The van der Waals surface area contributed by atoms with E-state index in [1.807, 2.05) is 6.07 Å². The molecule has 108 valence electrons. The Hall–Kier alpha value is -1.38. The van der Waals surface area contributed by atoms with Gasteiger partial charge < -0.3 is 0 Å². The molecule has 1 N–H and O–H groups in total. The molecule has 1 aromatic rings. The van der Waals surface area contributed by atoms with Crippen molar-refractivity contribution in [3.05, 3.63) is 35.4 Å². The first kappa shape index (κ1) is 15.0. The van der Waals surface area contributed by atoms with Crippen LogP contribution in [0.15, 0.2) is 24.3 Å². The zero-order valence-electron chi connectivity index (χ0n) is 11.7. The molecule has 0 heterocycles. The number of sulfonamides is 1. The molecule has 1 aliphatic carbocycles. The van der Waals surface area contributed by atoms with E-state index in [0.717, 1.165) is 12.8 Å². The van der Waals surface area contributed by atoms with Gasteiger partial charge in [0.05, 0.1) is 17.4 Å². The lowest BCUT2D eigenvalue weighted by molar-refractivity contribution is 0.498. The summed E-state index contributed by atoms with van der Waals surface area (Å²) < 4.78 is 26.7. The first-order valence-corrected chi connectivity index (χ1v) is 8.60. The lowest BCUT2D eigenvalue weighted by atomic mass is 10.1. The molecule has 1 aromatic carbocycles. The molecule has 4 nitrogen and oxygen atoms in total. The Labute approximate surface area is 120 Å². The number of hydrogen-bond donors (Lipinski definition) is 1. The van der Waals surface area contributed by atoms with Crippen LogP contribution in [-0.4, -0.2) is 15.0 Å². The number of nitriles is 1. The van der Waals surface area contributed by atoms with Crippen molar-refractivity contribution in [2.45, 2.75) is 31.9 Å². The standard InChI is InChI=1S/C15H20N2O2S/c1-12-2-3-15(8-12)10-17-20(18,19)11-14-6-4-13(9-16)5-7-14/h4-7,12,15,17H,2-3,8,10-11H2,1H3. The van der Waals surface area contributed by atoms with Gasteiger partial charge in [-0.05, 0) is 42.4 Å². The van der Waals surface area contributed by atoms with E-state index in [1.54, 1.807) is 24.3 Å². The smallest absolute Gasteiger partial charge is 0.215 e. The van der Waals surface area contributed by atoms with Gasteiger partial charge in [0.1, 0.15) is 0 Å². The third kappa shape index (κ3) is 4.32. The lowest BCUT2D eigenvalue weighted by Gasteiger charge is -2.11. The van der Waals surface area contributed by atoms with Gasteiger partial charge >= 0.3 is 0 Å². The van der Waals surface area contributed by atoms with E-state index in [2.05, 4.69) is 11.6 Å². The Kier molecular flexibility index (Phi) is 4.79. The van der Waals surface area contributed by atoms with Crippen molar-refractivity contribution in [1.82, 2.24) is 4.72 Å². The zero-order valence-corrected chi connectivity index (χ0v) is 12.5. The van der Waals surface area contributed by atoms with Crippen LogP contribution in [0.2, 0.25) is 0 Å². The van der Waals surface area contributed by atoms with Crippen LogP contribution in [0.1, 0.15) is 37.3 Å². The number of hydrogen-bond acceptors (Lipinski definition) is 3. The van der Waals surface area contributed by atoms with E-state index in [0.29, 0.717) is 29.5 Å².